The van der Waals surface area contributed by atoms with Crippen molar-refractivity contribution in [2.24, 2.45) is 23.7 Å². The van der Waals surface area contributed by atoms with Crippen LogP contribution in [0, 0.1) is 23.7 Å². The Kier molecular flexibility index (Phi) is 16.3. The summed E-state index contributed by atoms with van der Waals surface area (Å²) in [7, 11) is 4.88. The zero-order valence-electron chi connectivity index (χ0n) is 33.6. The first-order valence-corrected chi connectivity index (χ1v) is 20.6. The van der Waals surface area contributed by atoms with Gasteiger partial charge in [0.2, 0.25) is 11.8 Å². The smallest absolute Gasteiger partial charge is 0.226 e. The molecule has 0 bridgehead atoms. The molecule has 2 aliphatic heterocycles. The van der Waals surface area contributed by atoms with Crippen molar-refractivity contribution in [3.63, 3.8) is 0 Å². The van der Waals surface area contributed by atoms with Crippen LogP contribution in [0.15, 0.2) is 41.9 Å². The van der Waals surface area contributed by atoms with Crippen molar-refractivity contribution in [2.75, 3.05) is 40.9 Å². The number of halogens is 1. The number of benzene rings is 1. The van der Waals surface area contributed by atoms with Crippen LogP contribution < -0.4 is 5.32 Å². The van der Waals surface area contributed by atoms with Gasteiger partial charge in [-0.3, -0.25) is 19.2 Å². The summed E-state index contributed by atoms with van der Waals surface area (Å²) in [4.78, 5) is 63.6. The molecule has 0 radical (unpaired) electrons. The summed E-state index contributed by atoms with van der Waals surface area (Å²) in [5, 5.41) is 5.80. The number of alkyl halides is 1. The molecule has 300 valence electrons. The van der Waals surface area contributed by atoms with E-state index >= 15 is 4.39 Å². The van der Waals surface area contributed by atoms with Crippen LogP contribution in [0.3, 0.4) is 0 Å². The van der Waals surface area contributed by atoms with Crippen LogP contribution in [0.25, 0.3) is 0 Å². The molecule has 3 heterocycles. The number of carbonyl (C=O) groups excluding carboxylic acids is 4. The number of carbonyl (C=O) groups is 4. The van der Waals surface area contributed by atoms with Gasteiger partial charge in [0.1, 0.15) is 5.78 Å². The van der Waals surface area contributed by atoms with E-state index in [0.29, 0.717) is 32.4 Å². The van der Waals surface area contributed by atoms with Gasteiger partial charge in [0.25, 0.3) is 0 Å². The van der Waals surface area contributed by atoms with Crippen molar-refractivity contribution >= 4 is 34.7 Å². The second kappa shape index (κ2) is 20.2. The number of amides is 2. The zero-order valence-corrected chi connectivity index (χ0v) is 34.4. The molecule has 2 amide bonds. The molecular formula is C42H63FN4O6S. The number of methoxy groups -OCH3 is 2. The van der Waals surface area contributed by atoms with Gasteiger partial charge in [-0.1, -0.05) is 71.4 Å². The SMILES string of the molecule is CCC(C)C(C(CC(=O)N1CCCC1C(OC)C(C)C(=O)CC(Cc1ccccc1)c1nccs1)OC)N(C)C(=O)C(CC(=O)C1(F)CCNC1)C(C)C. The molecule has 0 saturated carbocycles. The van der Waals surface area contributed by atoms with E-state index in [0.717, 1.165) is 23.4 Å². The van der Waals surface area contributed by atoms with Crippen LogP contribution in [-0.4, -0.2) is 109 Å². The van der Waals surface area contributed by atoms with Gasteiger partial charge in [0, 0.05) is 82.9 Å². The van der Waals surface area contributed by atoms with Crippen LogP contribution in [0.1, 0.15) is 96.1 Å². The average Bonchev–Trinajstić information content (AvgIpc) is 3.97. The number of rotatable bonds is 21. The van der Waals surface area contributed by atoms with E-state index in [1.54, 1.807) is 43.7 Å². The summed E-state index contributed by atoms with van der Waals surface area (Å²) in [6.45, 7) is 10.7. The van der Waals surface area contributed by atoms with E-state index in [4.69, 9.17) is 9.47 Å². The Morgan fingerprint density at radius 2 is 1.80 bits per heavy atom. The van der Waals surface area contributed by atoms with Gasteiger partial charge in [-0.15, -0.1) is 11.3 Å². The summed E-state index contributed by atoms with van der Waals surface area (Å²) in [5.41, 5.74) is -0.809. The monoisotopic (exact) mass is 770 g/mol. The number of Topliss-reactive ketones (excluding diaryl/α,β-unsaturated/α-hetero) is 2. The fourth-order valence-electron chi connectivity index (χ4n) is 8.50. The number of likely N-dealkylation sites (tertiary alicyclic amines) is 1. The third-order valence-electron chi connectivity index (χ3n) is 12.1. The molecule has 9 unspecified atom stereocenters. The molecule has 54 heavy (non-hydrogen) atoms. The van der Waals surface area contributed by atoms with Gasteiger partial charge < -0.3 is 24.6 Å². The molecule has 0 aliphatic carbocycles. The Bertz CT molecular complexity index is 1500. The first kappa shape index (κ1) is 43.7. The van der Waals surface area contributed by atoms with Crippen molar-refractivity contribution in [3.05, 3.63) is 52.5 Å². The normalized spacial score (nSPS) is 22.7. The number of ketones is 2. The number of hydrogen-bond donors (Lipinski definition) is 1. The molecular weight excluding hydrogens is 708 g/mol. The van der Waals surface area contributed by atoms with Gasteiger partial charge in [-0.25, -0.2) is 9.37 Å². The summed E-state index contributed by atoms with van der Waals surface area (Å²) < 4.78 is 27.5. The van der Waals surface area contributed by atoms with Gasteiger partial charge in [-0.2, -0.15) is 0 Å². The summed E-state index contributed by atoms with van der Waals surface area (Å²) in [6, 6.07) is 9.37. The Morgan fingerprint density at radius 3 is 2.37 bits per heavy atom. The summed E-state index contributed by atoms with van der Waals surface area (Å²) in [5.74, 6) is -2.29. The van der Waals surface area contributed by atoms with Crippen molar-refractivity contribution in [2.45, 2.75) is 122 Å². The third kappa shape index (κ3) is 10.6. The van der Waals surface area contributed by atoms with Gasteiger partial charge >= 0.3 is 0 Å². The van der Waals surface area contributed by atoms with Crippen molar-refractivity contribution in [1.82, 2.24) is 20.1 Å². The largest absolute Gasteiger partial charge is 0.379 e. The quantitative estimate of drug-likeness (QED) is 0.158. The van der Waals surface area contributed by atoms with Gasteiger partial charge in [0.05, 0.1) is 35.7 Å². The summed E-state index contributed by atoms with van der Waals surface area (Å²) >= 11 is 1.56. The molecule has 2 saturated heterocycles. The molecule has 4 rings (SSSR count). The minimum absolute atomic E-state index is 0.0280. The van der Waals surface area contributed by atoms with E-state index in [2.05, 4.69) is 22.4 Å². The van der Waals surface area contributed by atoms with E-state index in [1.807, 2.05) is 63.1 Å². The van der Waals surface area contributed by atoms with Crippen LogP contribution >= 0.6 is 11.3 Å². The first-order valence-electron chi connectivity index (χ1n) is 19.8. The molecule has 1 aromatic carbocycles. The lowest BCUT2D eigenvalue weighted by Crippen LogP contribution is -2.54. The van der Waals surface area contributed by atoms with Crippen molar-refractivity contribution in [3.8, 4) is 0 Å². The van der Waals surface area contributed by atoms with E-state index in [1.165, 1.54) is 0 Å². The molecule has 0 spiro atoms. The fraction of sp³-hybridized carbons (Fsp3) is 0.690. The molecule has 1 N–H and O–H groups in total. The topological polar surface area (TPSA) is 118 Å². The van der Waals surface area contributed by atoms with E-state index in [-0.39, 0.29) is 67.2 Å². The Hall–Kier alpha value is -3.06. The lowest BCUT2D eigenvalue weighted by molar-refractivity contribution is -0.149. The molecule has 2 aliphatic rings. The number of thiazole rings is 1. The minimum atomic E-state index is -1.96. The standard InChI is InChI=1S/C42H63FN4O6S/c1-9-28(4)38(46(6)41(51)32(27(2)3)24-36(49)42(43)17-18-44-26-42)35(52-7)25-37(50)47-20-13-16-33(47)39(53-8)29(5)34(48)23-31(40-45-19-21-54-40)22-30-14-11-10-12-15-30/h10-12,14-15,19,21,27-29,31-33,35,38-39,44H,9,13,16-18,20,22-26H2,1-8H3. The highest BCUT2D eigenvalue weighted by Crippen LogP contribution is 2.34. The maximum Gasteiger partial charge on any atom is 0.226 e. The fourth-order valence-corrected chi connectivity index (χ4v) is 9.24. The number of hydrogen-bond acceptors (Lipinski definition) is 9. The second-order valence-electron chi connectivity index (χ2n) is 15.9. The molecule has 9 atom stereocenters. The highest BCUT2D eigenvalue weighted by molar-refractivity contribution is 7.09. The maximum absolute atomic E-state index is 15.4. The molecule has 2 fully saturated rings. The predicted octanol–water partition coefficient (Wildman–Crippen LogP) is 6.28. The average molecular weight is 771 g/mol. The second-order valence-corrected chi connectivity index (χ2v) is 16.8. The van der Waals surface area contributed by atoms with Crippen LogP contribution in [0.2, 0.25) is 0 Å². The van der Waals surface area contributed by atoms with E-state index in [9.17, 15) is 19.2 Å². The van der Waals surface area contributed by atoms with Crippen LogP contribution in [0.4, 0.5) is 4.39 Å². The Morgan fingerprint density at radius 1 is 1.07 bits per heavy atom. The van der Waals surface area contributed by atoms with E-state index < -0.39 is 41.5 Å². The van der Waals surface area contributed by atoms with Crippen LogP contribution in [0.5, 0.6) is 0 Å². The number of aromatic nitrogens is 1. The Balaban J connectivity index is 1.47. The Labute approximate surface area is 325 Å². The number of nitrogens with zero attached hydrogens (tertiary/aromatic N) is 3. The molecule has 12 heteroatoms. The lowest BCUT2D eigenvalue weighted by Gasteiger charge is -2.41. The van der Waals surface area contributed by atoms with Crippen molar-refractivity contribution in [1.29, 1.82) is 0 Å². The van der Waals surface area contributed by atoms with Crippen LogP contribution in [-0.2, 0) is 35.1 Å². The highest BCUT2D eigenvalue weighted by Gasteiger charge is 2.46. The third-order valence-corrected chi connectivity index (χ3v) is 13.0. The molecule has 1 aromatic heterocycles. The van der Waals surface area contributed by atoms with Crippen molar-refractivity contribution < 1.29 is 33.0 Å². The zero-order chi connectivity index (χ0) is 39.6. The number of nitrogens with one attached hydrogen (secondary N) is 1. The highest BCUT2D eigenvalue weighted by atomic mass is 32.1. The predicted molar refractivity (Wildman–Crippen MR) is 210 cm³/mol. The minimum Gasteiger partial charge on any atom is -0.379 e. The molecule has 10 nitrogen and oxygen atoms in total. The van der Waals surface area contributed by atoms with Gasteiger partial charge in [0.15, 0.2) is 11.5 Å². The van der Waals surface area contributed by atoms with Gasteiger partial charge in [-0.05, 0) is 43.2 Å². The molecule has 2 aromatic rings. The number of likely N-dealkylation sites (N-methyl/N-ethyl adjacent to an activating group) is 1. The number of ether oxygens (including phenoxy) is 2. The maximum atomic E-state index is 15.4. The summed E-state index contributed by atoms with van der Waals surface area (Å²) in [6.07, 6.45) is 3.86. The first-order chi connectivity index (χ1) is 25.8. The lowest BCUT2D eigenvalue weighted by atomic mass is 9.83.